The third kappa shape index (κ3) is 5.25. The van der Waals surface area contributed by atoms with Crippen molar-refractivity contribution in [3.05, 3.63) is 59.4 Å². The number of ether oxygens (including phenoxy) is 2. The quantitative estimate of drug-likeness (QED) is 0.314. The number of methoxy groups -OCH3 is 1. The number of benzene rings is 2. The fourth-order valence-electron chi connectivity index (χ4n) is 3.12. The molecular weight excluding hydrogens is 385 g/mol. The van der Waals surface area contributed by atoms with E-state index in [1.807, 2.05) is 36.6 Å². The predicted molar refractivity (Wildman–Crippen MR) is 108 cm³/mol. The molecule has 0 spiro atoms. The van der Waals surface area contributed by atoms with Gasteiger partial charge < -0.3 is 14.7 Å². The second kappa shape index (κ2) is 9.59. The molecule has 0 aliphatic carbocycles. The van der Waals surface area contributed by atoms with Gasteiger partial charge in [0.1, 0.15) is 10.9 Å². The van der Waals surface area contributed by atoms with Gasteiger partial charge in [0.15, 0.2) is 6.29 Å². The maximum atomic E-state index is 14.2. The summed E-state index contributed by atoms with van der Waals surface area (Å²) >= 11 is 2.89. The summed E-state index contributed by atoms with van der Waals surface area (Å²) in [5.41, 5.74) is 1.83. The van der Waals surface area contributed by atoms with E-state index in [2.05, 4.69) is 5.16 Å². The summed E-state index contributed by atoms with van der Waals surface area (Å²) in [6.07, 6.45) is 3.22. The van der Waals surface area contributed by atoms with Crippen LogP contribution in [-0.4, -0.2) is 36.5 Å². The molecule has 2 unspecified atom stereocenters. The van der Waals surface area contributed by atoms with Crippen LogP contribution in [0.5, 0.6) is 0 Å². The summed E-state index contributed by atoms with van der Waals surface area (Å²) in [5.74, 6) is -0.00445. The summed E-state index contributed by atoms with van der Waals surface area (Å²) in [7, 11) is 1.63. The van der Waals surface area contributed by atoms with Gasteiger partial charge in [-0.25, -0.2) is 4.39 Å². The molecule has 0 amide bonds. The molecule has 3 rings (SSSR count). The Kier molecular flexibility index (Phi) is 7.18. The first kappa shape index (κ1) is 20.2. The van der Waals surface area contributed by atoms with Crippen LogP contribution in [0.15, 0.2) is 57.4 Å². The van der Waals surface area contributed by atoms with Crippen LogP contribution in [0.25, 0.3) is 0 Å². The van der Waals surface area contributed by atoms with Crippen molar-refractivity contribution in [1.29, 1.82) is 0 Å². The molecule has 0 saturated carbocycles. The summed E-state index contributed by atoms with van der Waals surface area (Å²) in [4.78, 5) is 1.86. The fraction of sp³-hybridized carbons (Fsp3) is 0.350. The van der Waals surface area contributed by atoms with E-state index in [1.54, 1.807) is 19.2 Å². The van der Waals surface area contributed by atoms with Crippen molar-refractivity contribution < 1.29 is 19.1 Å². The van der Waals surface area contributed by atoms with E-state index in [0.29, 0.717) is 11.7 Å². The monoisotopic (exact) mass is 407 g/mol. The van der Waals surface area contributed by atoms with E-state index in [0.717, 1.165) is 33.8 Å². The van der Waals surface area contributed by atoms with Crippen LogP contribution < -0.4 is 0 Å². The zero-order valence-corrected chi connectivity index (χ0v) is 16.9. The highest BCUT2D eigenvalue weighted by Crippen LogP contribution is 2.35. The van der Waals surface area contributed by atoms with Gasteiger partial charge in [-0.2, -0.15) is 0 Å². The lowest BCUT2D eigenvalue weighted by molar-refractivity contribution is -0.150. The zero-order chi connectivity index (χ0) is 19.2. The Hall–Kier alpha value is -1.54. The van der Waals surface area contributed by atoms with Crippen LogP contribution >= 0.6 is 23.5 Å². The van der Waals surface area contributed by atoms with Crippen LogP contribution in [0.4, 0.5) is 4.39 Å². The second-order valence-corrected chi connectivity index (χ2v) is 8.16. The van der Waals surface area contributed by atoms with E-state index in [4.69, 9.17) is 14.7 Å². The zero-order valence-electron chi connectivity index (χ0n) is 15.2. The summed E-state index contributed by atoms with van der Waals surface area (Å²) in [6, 6.07) is 12.9. The van der Waals surface area contributed by atoms with Gasteiger partial charge in [-0.05, 0) is 54.5 Å². The molecular formula is C20H22FNO3S2. The van der Waals surface area contributed by atoms with E-state index >= 15 is 0 Å². The minimum atomic E-state index is -0.232. The lowest BCUT2D eigenvalue weighted by atomic mass is 9.91. The summed E-state index contributed by atoms with van der Waals surface area (Å²) in [6.45, 7) is 0.619. The number of halogens is 1. The van der Waals surface area contributed by atoms with Gasteiger partial charge in [0.2, 0.25) is 0 Å². The largest absolute Gasteiger partial charge is 0.410 e. The van der Waals surface area contributed by atoms with Crippen molar-refractivity contribution in [2.75, 3.05) is 20.0 Å². The van der Waals surface area contributed by atoms with Gasteiger partial charge in [-0.1, -0.05) is 29.1 Å². The Morgan fingerprint density at radius 1 is 1.22 bits per heavy atom. The molecule has 2 atom stereocenters. The lowest BCUT2D eigenvalue weighted by Crippen LogP contribution is -2.26. The Morgan fingerprint density at radius 2 is 2.00 bits per heavy atom. The predicted octanol–water partition coefficient (Wildman–Crippen LogP) is 5.34. The lowest BCUT2D eigenvalue weighted by Gasteiger charge is -2.29. The first-order chi connectivity index (χ1) is 13.1. The van der Waals surface area contributed by atoms with Crippen LogP contribution in [-0.2, 0) is 9.47 Å². The van der Waals surface area contributed by atoms with E-state index < -0.39 is 0 Å². The molecule has 4 nitrogen and oxygen atoms in total. The first-order valence-corrected chi connectivity index (χ1v) is 10.7. The van der Waals surface area contributed by atoms with Crippen molar-refractivity contribution in [1.82, 2.24) is 0 Å². The number of thioether (sulfide) groups is 1. The maximum Gasteiger partial charge on any atom is 0.157 e. The molecule has 2 aromatic rings. The van der Waals surface area contributed by atoms with Crippen LogP contribution in [0.2, 0.25) is 0 Å². The Morgan fingerprint density at radius 3 is 2.67 bits per heavy atom. The third-order valence-electron chi connectivity index (χ3n) is 4.50. The molecule has 1 fully saturated rings. The second-order valence-electron chi connectivity index (χ2n) is 6.21. The number of oxime groups is 1. The molecule has 0 aromatic heterocycles. The highest BCUT2D eigenvalue weighted by atomic mass is 32.2. The number of hydrogen-bond acceptors (Lipinski definition) is 6. The molecule has 1 heterocycles. The number of nitrogens with zero attached hydrogens (tertiary/aromatic N) is 1. The van der Waals surface area contributed by atoms with Crippen molar-refractivity contribution in [3.8, 4) is 0 Å². The number of rotatable bonds is 5. The SMILES string of the molecule is COC1CC(c2cc(F)cc(Sc3ccc(C(=NO)SC)cc3)c2)CCO1. The highest BCUT2D eigenvalue weighted by Gasteiger charge is 2.24. The fourth-order valence-corrected chi connectivity index (χ4v) is 4.49. The standard InChI is InChI=1S/C20H22FNO3S2/c1-24-19-11-14(7-8-25-19)15-9-16(21)12-18(10-15)27-17-5-3-13(4-6-17)20(22-23)26-2/h3-6,9-10,12,14,19,23H,7-8,11H2,1-2H3. The minimum absolute atomic E-state index is 0.227. The summed E-state index contributed by atoms with van der Waals surface area (Å²) < 4.78 is 25.0. The minimum Gasteiger partial charge on any atom is -0.410 e. The van der Waals surface area contributed by atoms with Crippen molar-refractivity contribution in [3.63, 3.8) is 0 Å². The van der Waals surface area contributed by atoms with E-state index in [-0.39, 0.29) is 18.0 Å². The number of hydrogen-bond donors (Lipinski definition) is 1. The summed E-state index contributed by atoms with van der Waals surface area (Å²) in [5, 5.41) is 12.9. The molecule has 144 valence electrons. The van der Waals surface area contributed by atoms with Gasteiger partial charge in [0, 0.05) is 28.9 Å². The topological polar surface area (TPSA) is 51.0 Å². The average Bonchev–Trinajstić information content (AvgIpc) is 2.70. The Bertz CT molecular complexity index is 798. The van der Waals surface area contributed by atoms with Gasteiger partial charge in [0.05, 0.1) is 6.61 Å². The van der Waals surface area contributed by atoms with Crippen LogP contribution in [0, 0.1) is 5.82 Å². The van der Waals surface area contributed by atoms with Gasteiger partial charge in [-0.15, -0.1) is 11.8 Å². The van der Waals surface area contributed by atoms with Crippen LogP contribution in [0.1, 0.15) is 29.9 Å². The highest BCUT2D eigenvalue weighted by molar-refractivity contribution is 8.13. The smallest absolute Gasteiger partial charge is 0.157 e. The maximum absolute atomic E-state index is 14.2. The Labute approximate surface area is 167 Å². The van der Waals surface area contributed by atoms with Crippen molar-refractivity contribution in [2.24, 2.45) is 5.16 Å². The van der Waals surface area contributed by atoms with Crippen molar-refractivity contribution in [2.45, 2.75) is 34.8 Å². The van der Waals surface area contributed by atoms with E-state index in [1.165, 1.54) is 23.5 Å². The molecule has 27 heavy (non-hydrogen) atoms. The average molecular weight is 408 g/mol. The molecule has 0 radical (unpaired) electrons. The van der Waals surface area contributed by atoms with E-state index in [9.17, 15) is 4.39 Å². The molecule has 1 aliphatic heterocycles. The van der Waals surface area contributed by atoms with Crippen LogP contribution in [0.3, 0.4) is 0 Å². The van der Waals surface area contributed by atoms with Gasteiger partial charge in [-0.3, -0.25) is 0 Å². The first-order valence-electron chi connectivity index (χ1n) is 8.62. The molecule has 1 N–H and O–H groups in total. The third-order valence-corrected chi connectivity index (χ3v) is 6.18. The molecule has 7 heteroatoms. The molecule has 1 saturated heterocycles. The van der Waals surface area contributed by atoms with Gasteiger partial charge >= 0.3 is 0 Å². The molecule has 1 aliphatic rings. The van der Waals surface area contributed by atoms with Crippen molar-refractivity contribution >= 4 is 28.6 Å². The molecule has 2 aromatic carbocycles. The normalized spacial score (nSPS) is 20.6. The van der Waals surface area contributed by atoms with Gasteiger partial charge in [0.25, 0.3) is 0 Å². The Balaban J connectivity index is 1.76. The molecule has 0 bridgehead atoms.